The highest BCUT2D eigenvalue weighted by Gasteiger charge is 2.33. The number of amides is 5. The van der Waals surface area contributed by atoms with E-state index in [2.05, 4.69) is 15.5 Å². The normalized spacial score (nSPS) is 12.8. The van der Waals surface area contributed by atoms with Crippen molar-refractivity contribution >= 4 is 52.5 Å². The van der Waals surface area contributed by atoms with Gasteiger partial charge in [0.15, 0.2) is 0 Å². The molecule has 0 bridgehead atoms. The summed E-state index contributed by atoms with van der Waals surface area (Å²) in [6.07, 6.45) is -0.800. The Morgan fingerprint density at radius 2 is 1.60 bits per heavy atom. The van der Waals surface area contributed by atoms with Crippen LogP contribution in [0.3, 0.4) is 0 Å². The first-order valence-corrected chi connectivity index (χ1v) is 10.3. The third-order valence-corrected chi connectivity index (χ3v) is 5.04. The van der Waals surface area contributed by atoms with Gasteiger partial charge in [0.2, 0.25) is 5.91 Å². The Bertz CT molecular complexity index is 1190. The lowest BCUT2D eigenvalue weighted by atomic mass is 10.2. The quantitative estimate of drug-likeness (QED) is 0.262. The van der Waals surface area contributed by atoms with Crippen molar-refractivity contribution in [2.45, 2.75) is 26.2 Å². The summed E-state index contributed by atoms with van der Waals surface area (Å²) in [5, 5.41) is 16.5. The molecule has 1 fully saturated rings. The van der Waals surface area contributed by atoms with Crippen LogP contribution in [-0.4, -0.2) is 46.8 Å². The molecule has 1 aliphatic heterocycles. The maximum atomic E-state index is 12.4. The van der Waals surface area contributed by atoms with E-state index in [-0.39, 0.29) is 24.2 Å². The van der Waals surface area contributed by atoms with E-state index in [1.165, 1.54) is 54.4 Å². The lowest BCUT2D eigenvalue weighted by molar-refractivity contribution is -0.385. The molecule has 0 radical (unpaired) electrons. The number of hydrogen-bond donors (Lipinski definition) is 2. The summed E-state index contributed by atoms with van der Waals surface area (Å²) in [7, 11) is 1.42. The number of nitrogens with zero attached hydrogens (tertiary/aromatic N) is 3. The van der Waals surface area contributed by atoms with Crippen molar-refractivity contribution < 1.29 is 33.7 Å². The zero-order chi connectivity index (χ0) is 25.7. The Hall–Kier alpha value is -4.81. The molecule has 0 aromatic heterocycles. The molecule has 5 amide bonds. The van der Waals surface area contributed by atoms with Gasteiger partial charge in [-0.15, -0.1) is 5.06 Å². The number of nitrogens with one attached hydrogen (secondary N) is 2. The second kappa shape index (κ2) is 10.4. The van der Waals surface area contributed by atoms with E-state index in [9.17, 15) is 34.1 Å². The van der Waals surface area contributed by atoms with E-state index in [0.717, 1.165) is 0 Å². The maximum absolute atomic E-state index is 12.4. The van der Waals surface area contributed by atoms with Gasteiger partial charge >= 0.3 is 12.0 Å². The Labute approximate surface area is 198 Å². The van der Waals surface area contributed by atoms with E-state index >= 15 is 0 Å². The molecule has 2 aromatic rings. The van der Waals surface area contributed by atoms with Gasteiger partial charge in [0, 0.05) is 48.6 Å². The number of nitro groups is 1. The molecule has 0 atom stereocenters. The average molecular weight is 483 g/mol. The number of hydroxylamine groups is 2. The van der Waals surface area contributed by atoms with Crippen molar-refractivity contribution in [3.8, 4) is 0 Å². The van der Waals surface area contributed by atoms with E-state index in [0.29, 0.717) is 22.0 Å². The zero-order valence-corrected chi connectivity index (χ0v) is 18.8. The zero-order valence-electron chi connectivity index (χ0n) is 18.8. The van der Waals surface area contributed by atoms with Crippen LogP contribution in [-0.2, 0) is 24.0 Å². The number of imide groups is 1. The van der Waals surface area contributed by atoms with E-state index in [1.807, 2.05) is 0 Å². The highest BCUT2D eigenvalue weighted by Crippen LogP contribution is 2.23. The molecule has 3 rings (SSSR count). The SMILES string of the molecule is Cc1ccc(NC(=O)Nc2ccc(N(C)C(=O)CC(=O)ON3C(=O)CCC3=O)cc2)cc1[N+](=O)[O-]. The summed E-state index contributed by atoms with van der Waals surface area (Å²) in [5.74, 6) is -2.97. The van der Waals surface area contributed by atoms with Gasteiger partial charge in [0.1, 0.15) is 6.42 Å². The van der Waals surface area contributed by atoms with Crippen LogP contribution in [0, 0.1) is 17.0 Å². The molecule has 182 valence electrons. The molecule has 35 heavy (non-hydrogen) atoms. The Morgan fingerprint density at radius 3 is 2.20 bits per heavy atom. The van der Waals surface area contributed by atoms with Crippen LogP contribution in [0.25, 0.3) is 0 Å². The lowest BCUT2D eigenvalue weighted by Crippen LogP contribution is -2.35. The molecule has 0 unspecified atom stereocenters. The highest BCUT2D eigenvalue weighted by atomic mass is 16.7. The summed E-state index contributed by atoms with van der Waals surface area (Å²) >= 11 is 0. The molecule has 1 saturated heterocycles. The molecule has 2 aromatic carbocycles. The first-order valence-electron chi connectivity index (χ1n) is 10.3. The average Bonchev–Trinajstić information content (AvgIpc) is 3.12. The summed E-state index contributed by atoms with van der Waals surface area (Å²) in [6, 6.07) is 9.73. The summed E-state index contributed by atoms with van der Waals surface area (Å²) in [6.45, 7) is 1.59. The van der Waals surface area contributed by atoms with Gasteiger partial charge in [-0.2, -0.15) is 0 Å². The Morgan fingerprint density at radius 1 is 1.03 bits per heavy atom. The predicted molar refractivity (Wildman–Crippen MR) is 122 cm³/mol. The van der Waals surface area contributed by atoms with Crippen LogP contribution in [0.4, 0.5) is 27.5 Å². The molecular formula is C22H21N5O8. The van der Waals surface area contributed by atoms with Crippen molar-refractivity contribution in [2.75, 3.05) is 22.6 Å². The number of benzene rings is 2. The Balaban J connectivity index is 1.54. The van der Waals surface area contributed by atoms with Gasteiger partial charge in [0.25, 0.3) is 17.5 Å². The summed E-state index contributed by atoms with van der Waals surface area (Å²) in [5.41, 5.74) is 1.35. The first kappa shape index (κ1) is 24.8. The molecule has 13 nitrogen and oxygen atoms in total. The van der Waals surface area contributed by atoms with Crippen LogP contribution in [0.2, 0.25) is 0 Å². The number of rotatable bonds is 7. The van der Waals surface area contributed by atoms with E-state index in [4.69, 9.17) is 0 Å². The fourth-order valence-corrected chi connectivity index (χ4v) is 3.12. The van der Waals surface area contributed by atoms with Crippen molar-refractivity contribution in [3.05, 3.63) is 58.1 Å². The van der Waals surface area contributed by atoms with E-state index < -0.39 is 41.1 Å². The van der Waals surface area contributed by atoms with Crippen LogP contribution in [0.15, 0.2) is 42.5 Å². The second-order valence-electron chi connectivity index (χ2n) is 7.56. The number of carbonyl (C=O) groups is 5. The minimum absolute atomic E-state index is 0.0523. The third kappa shape index (κ3) is 6.16. The van der Waals surface area contributed by atoms with Crippen LogP contribution >= 0.6 is 0 Å². The van der Waals surface area contributed by atoms with Crippen LogP contribution in [0.5, 0.6) is 0 Å². The predicted octanol–water partition coefficient (Wildman–Crippen LogP) is 2.51. The number of nitro benzene ring substituents is 1. The highest BCUT2D eigenvalue weighted by molar-refractivity contribution is 6.05. The molecule has 1 aliphatic rings. The number of urea groups is 1. The number of hydrogen-bond acceptors (Lipinski definition) is 8. The topological polar surface area (TPSA) is 168 Å². The largest absolute Gasteiger partial charge is 0.342 e. The maximum Gasteiger partial charge on any atom is 0.342 e. The van der Waals surface area contributed by atoms with Gasteiger partial charge in [0.05, 0.1) is 4.92 Å². The molecular weight excluding hydrogens is 462 g/mol. The van der Waals surface area contributed by atoms with Gasteiger partial charge < -0.3 is 20.4 Å². The molecule has 0 saturated carbocycles. The van der Waals surface area contributed by atoms with Gasteiger partial charge in [-0.25, -0.2) is 9.59 Å². The standard InChI is InChI=1S/C22H21N5O8/c1-13-3-4-15(11-17(13)27(33)34)24-22(32)23-14-5-7-16(8-6-14)25(2)20(30)12-21(31)35-26-18(28)9-10-19(26)29/h3-8,11H,9-10,12H2,1-2H3,(H2,23,24,32). The van der Waals surface area contributed by atoms with Gasteiger partial charge in [-0.05, 0) is 37.3 Å². The van der Waals surface area contributed by atoms with E-state index in [1.54, 1.807) is 6.92 Å². The van der Waals surface area contributed by atoms with Gasteiger partial charge in [-0.3, -0.25) is 24.5 Å². The monoisotopic (exact) mass is 483 g/mol. The molecule has 2 N–H and O–H groups in total. The Kier molecular flexibility index (Phi) is 7.39. The first-order chi connectivity index (χ1) is 16.5. The third-order valence-electron chi connectivity index (χ3n) is 5.04. The van der Waals surface area contributed by atoms with Gasteiger partial charge in [-0.1, -0.05) is 6.07 Å². The van der Waals surface area contributed by atoms with Crippen molar-refractivity contribution in [2.24, 2.45) is 0 Å². The minimum Gasteiger partial charge on any atom is -0.330 e. The number of anilines is 3. The lowest BCUT2D eigenvalue weighted by Gasteiger charge is -2.18. The summed E-state index contributed by atoms with van der Waals surface area (Å²) in [4.78, 5) is 75.9. The smallest absolute Gasteiger partial charge is 0.330 e. The minimum atomic E-state index is -1.04. The summed E-state index contributed by atoms with van der Waals surface area (Å²) < 4.78 is 0. The fraction of sp³-hybridized carbons (Fsp3) is 0.227. The van der Waals surface area contributed by atoms with Crippen molar-refractivity contribution in [3.63, 3.8) is 0 Å². The van der Waals surface area contributed by atoms with Crippen molar-refractivity contribution in [1.82, 2.24) is 5.06 Å². The number of aryl methyl sites for hydroxylation is 1. The molecule has 1 heterocycles. The van der Waals surface area contributed by atoms with Crippen LogP contribution < -0.4 is 15.5 Å². The molecule has 13 heteroatoms. The molecule has 0 aliphatic carbocycles. The number of carbonyl (C=O) groups excluding carboxylic acids is 5. The molecule has 0 spiro atoms. The fourth-order valence-electron chi connectivity index (χ4n) is 3.12. The second-order valence-corrected chi connectivity index (χ2v) is 7.56. The van der Waals surface area contributed by atoms with Crippen molar-refractivity contribution in [1.29, 1.82) is 0 Å². The van der Waals surface area contributed by atoms with Crippen LogP contribution in [0.1, 0.15) is 24.8 Å².